The Labute approximate surface area is 157 Å². The lowest BCUT2D eigenvalue weighted by atomic mass is 9.97. The summed E-state index contributed by atoms with van der Waals surface area (Å²) in [6.45, 7) is 5.97. The summed E-state index contributed by atoms with van der Waals surface area (Å²) in [7, 11) is 0. The molecule has 142 valence electrons. The van der Waals surface area contributed by atoms with Gasteiger partial charge in [0.2, 0.25) is 0 Å². The second-order valence-corrected chi connectivity index (χ2v) is 7.69. The number of hydrogen-bond acceptors (Lipinski definition) is 2. The SMILES string of the molecule is CC[C@@H]1CCCCN1C(=O)c1cccc(C(=O)N2CCCC[C@@H]2CC)c1. The minimum absolute atomic E-state index is 0.0804. The van der Waals surface area contributed by atoms with Crippen molar-refractivity contribution >= 4 is 11.8 Å². The number of nitrogens with zero attached hydrogens (tertiary/aromatic N) is 2. The Hall–Kier alpha value is -1.84. The summed E-state index contributed by atoms with van der Waals surface area (Å²) >= 11 is 0. The van der Waals surface area contributed by atoms with Crippen molar-refractivity contribution in [3.8, 4) is 0 Å². The van der Waals surface area contributed by atoms with Gasteiger partial charge in [-0.05, 0) is 69.6 Å². The third-order valence-corrected chi connectivity index (χ3v) is 6.07. The van der Waals surface area contributed by atoms with Crippen molar-refractivity contribution in [3.63, 3.8) is 0 Å². The van der Waals surface area contributed by atoms with Crippen LogP contribution in [0.2, 0.25) is 0 Å². The van der Waals surface area contributed by atoms with Crippen LogP contribution in [-0.4, -0.2) is 46.8 Å². The quantitative estimate of drug-likeness (QED) is 0.797. The molecule has 26 heavy (non-hydrogen) atoms. The number of carbonyl (C=O) groups is 2. The van der Waals surface area contributed by atoms with Gasteiger partial charge in [-0.25, -0.2) is 0 Å². The Morgan fingerprint density at radius 1 is 0.846 bits per heavy atom. The number of carbonyl (C=O) groups excluding carboxylic acids is 2. The molecule has 4 heteroatoms. The van der Waals surface area contributed by atoms with Crippen LogP contribution in [0.15, 0.2) is 24.3 Å². The van der Waals surface area contributed by atoms with Crippen LogP contribution in [0.3, 0.4) is 0 Å². The van der Waals surface area contributed by atoms with Gasteiger partial charge in [-0.1, -0.05) is 19.9 Å². The highest BCUT2D eigenvalue weighted by Gasteiger charge is 2.29. The molecule has 0 aromatic heterocycles. The minimum atomic E-state index is 0.0804. The van der Waals surface area contributed by atoms with E-state index in [-0.39, 0.29) is 11.8 Å². The largest absolute Gasteiger partial charge is 0.336 e. The second-order valence-electron chi connectivity index (χ2n) is 7.69. The fourth-order valence-electron chi connectivity index (χ4n) is 4.50. The summed E-state index contributed by atoms with van der Waals surface area (Å²) in [5.41, 5.74) is 1.31. The highest BCUT2D eigenvalue weighted by molar-refractivity contribution is 6.00. The maximum Gasteiger partial charge on any atom is 0.254 e. The molecule has 0 aliphatic carbocycles. The van der Waals surface area contributed by atoms with Crippen molar-refractivity contribution in [2.24, 2.45) is 0 Å². The molecule has 3 rings (SSSR count). The van der Waals surface area contributed by atoms with Crippen LogP contribution in [0, 0.1) is 0 Å². The van der Waals surface area contributed by atoms with Crippen molar-refractivity contribution in [3.05, 3.63) is 35.4 Å². The Kier molecular flexibility index (Phi) is 6.33. The molecule has 2 heterocycles. The summed E-state index contributed by atoms with van der Waals surface area (Å²) < 4.78 is 0. The van der Waals surface area contributed by atoms with Crippen molar-refractivity contribution in [2.45, 2.75) is 77.3 Å². The summed E-state index contributed by atoms with van der Waals surface area (Å²) in [6, 6.07) is 8.05. The van der Waals surface area contributed by atoms with Crippen LogP contribution in [0.5, 0.6) is 0 Å². The molecule has 0 bridgehead atoms. The van der Waals surface area contributed by atoms with Crippen LogP contribution in [-0.2, 0) is 0 Å². The lowest BCUT2D eigenvalue weighted by molar-refractivity contribution is 0.0606. The average Bonchev–Trinajstić information content (AvgIpc) is 2.72. The zero-order valence-electron chi connectivity index (χ0n) is 16.2. The average molecular weight is 357 g/mol. The molecule has 2 aliphatic heterocycles. The van der Waals surface area contributed by atoms with Crippen LogP contribution in [0.1, 0.15) is 85.9 Å². The van der Waals surface area contributed by atoms with Gasteiger partial charge >= 0.3 is 0 Å². The topological polar surface area (TPSA) is 40.6 Å². The van der Waals surface area contributed by atoms with Gasteiger partial charge < -0.3 is 9.80 Å². The van der Waals surface area contributed by atoms with Crippen molar-refractivity contribution in [1.82, 2.24) is 9.80 Å². The van der Waals surface area contributed by atoms with Crippen LogP contribution < -0.4 is 0 Å². The summed E-state index contributed by atoms with van der Waals surface area (Å²) in [6.07, 6.45) is 8.73. The zero-order chi connectivity index (χ0) is 18.5. The maximum absolute atomic E-state index is 13.0. The Morgan fingerprint density at radius 3 is 1.73 bits per heavy atom. The van der Waals surface area contributed by atoms with E-state index in [0.29, 0.717) is 23.2 Å². The molecule has 4 nitrogen and oxygen atoms in total. The van der Waals surface area contributed by atoms with Crippen molar-refractivity contribution in [2.75, 3.05) is 13.1 Å². The third kappa shape index (κ3) is 3.94. The van der Waals surface area contributed by atoms with Crippen LogP contribution in [0.25, 0.3) is 0 Å². The summed E-state index contributed by atoms with van der Waals surface area (Å²) in [4.78, 5) is 30.1. The molecule has 0 radical (unpaired) electrons. The molecule has 1 aromatic carbocycles. The molecule has 0 spiro atoms. The van der Waals surface area contributed by atoms with Crippen LogP contribution >= 0.6 is 0 Å². The summed E-state index contributed by atoms with van der Waals surface area (Å²) in [5.74, 6) is 0.161. The van der Waals surface area contributed by atoms with E-state index in [1.54, 1.807) is 0 Å². The lowest BCUT2D eigenvalue weighted by Crippen LogP contribution is -2.44. The van der Waals surface area contributed by atoms with Gasteiger partial charge in [0.1, 0.15) is 0 Å². The van der Waals surface area contributed by atoms with E-state index < -0.39 is 0 Å². The lowest BCUT2D eigenvalue weighted by Gasteiger charge is -2.36. The molecule has 2 amide bonds. The standard InChI is InChI=1S/C22H32N2O2/c1-3-19-12-5-7-14-23(19)21(25)17-10-9-11-18(16-17)22(26)24-15-8-6-13-20(24)4-2/h9-11,16,19-20H,3-8,12-15H2,1-2H3/t19-,20+. The number of likely N-dealkylation sites (tertiary alicyclic amines) is 2. The second kappa shape index (κ2) is 8.70. The normalized spacial score (nSPS) is 23.8. The molecule has 2 atom stereocenters. The first-order valence-electron chi connectivity index (χ1n) is 10.4. The van der Waals surface area contributed by atoms with E-state index in [1.807, 2.05) is 34.1 Å². The Bertz CT molecular complexity index is 592. The van der Waals surface area contributed by atoms with Gasteiger partial charge in [0.25, 0.3) is 11.8 Å². The first kappa shape index (κ1) is 18.9. The molecule has 1 aromatic rings. The first-order chi connectivity index (χ1) is 12.7. The van der Waals surface area contributed by atoms with E-state index in [4.69, 9.17) is 0 Å². The number of hydrogen-bond donors (Lipinski definition) is 0. The zero-order valence-corrected chi connectivity index (χ0v) is 16.2. The van der Waals surface area contributed by atoms with Crippen LogP contribution in [0.4, 0.5) is 0 Å². The molecular weight excluding hydrogens is 324 g/mol. The number of amides is 2. The molecular formula is C22H32N2O2. The molecule has 0 unspecified atom stereocenters. The predicted octanol–water partition coefficient (Wildman–Crippen LogP) is 4.50. The molecule has 2 aliphatic rings. The van der Waals surface area contributed by atoms with Crippen molar-refractivity contribution < 1.29 is 9.59 Å². The van der Waals surface area contributed by atoms with E-state index in [9.17, 15) is 9.59 Å². The Balaban J connectivity index is 1.79. The number of benzene rings is 1. The monoisotopic (exact) mass is 356 g/mol. The highest BCUT2D eigenvalue weighted by atomic mass is 16.2. The van der Waals surface area contributed by atoms with Gasteiger partial charge in [-0.15, -0.1) is 0 Å². The van der Waals surface area contributed by atoms with E-state index in [2.05, 4.69) is 13.8 Å². The number of rotatable bonds is 4. The maximum atomic E-state index is 13.0. The first-order valence-corrected chi connectivity index (χ1v) is 10.4. The summed E-state index contributed by atoms with van der Waals surface area (Å²) in [5, 5.41) is 0. The van der Waals surface area contributed by atoms with Crippen molar-refractivity contribution in [1.29, 1.82) is 0 Å². The van der Waals surface area contributed by atoms with Gasteiger partial charge in [-0.2, -0.15) is 0 Å². The molecule has 0 N–H and O–H groups in total. The fourth-order valence-corrected chi connectivity index (χ4v) is 4.50. The highest BCUT2D eigenvalue weighted by Crippen LogP contribution is 2.24. The Morgan fingerprint density at radius 2 is 1.31 bits per heavy atom. The predicted molar refractivity (Wildman–Crippen MR) is 104 cm³/mol. The molecule has 2 fully saturated rings. The van der Waals surface area contributed by atoms with E-state index in [0.717, 1.165) is 51.6 Å². The smallest absolute Gasteiger partial charge is 0.254 e. The molecule has 2 saturated heterocycles. The van der Waals surface area contributed by atoms with Gasteiger partial charge in [0.15, 0.2) is 0 Å². The number of piperidine rings is 2. The minimum Gasteiger partial charge on any atom is -0.336 e. The van der Waals surface area contributed by atoms with E-state index >= 15 is 0 Å². The van der Waals surface area contributed by atoms with Gasteiger partial charge in [-0.3, -0.25) is 9.59 Å². The van der Waals surface area contributed by atoms with E-state index in [1.165, 1.54) is 12.8 Å². The molecule has 0 saturated carbocycles. The van der Waals surface area contributed by atoms with Gasteiger partial charge in [0.05, 0.1) is 0 Å². The third-order valence-electron chi connectivity index (χ3n) is 6.07. The fraction of sp³-hybridized carbons (Fsp3) is 0.636. The van der Waals surface area contributed by atoms with Gasteiger partial charge in [0, 0.05) is 36.3 Å².